The molecule has 96 valence electrons. The summed E-state index contributed by atoms with van der Waals surface area (Å²) in [6, 6.07) is 0. The summed E-state index contributed by atoms with van der Waals surface area (Å²) in [6.07, 6.45) is 0.926. The summed E-state index contributed by atoms with van der Waals surface area (Å²) in [6.45, 7) is 3.61. The van der Waals surface area contributed by atoms with E-state index in [4.69, 9.17) is 0 Å². The second-order valence-electron chi connectivity index (χ2n) is 4.63. The Morgan fingerprint density at radius 1 is 1.29 bits per heavy atom. The first kappa shape index (κ1) is 12.3. The van der Waals surface area contributed by atoms with Crippen LogP contribution in [0.1, 0.15) is 6.42 Å². The molecule has 2 aliphatic heterocycles. The van der Waals surface area contributed by atoms with Crippen molar-refractivity contribution in [3.05, 3.63) is 0 Å². The zero-order valence-corrected chi connectivity index (χ0v) is 9.84. The van der Waals surface area contributed by atoms with Crippen LogP contribution in [-0.2, 0) is 9.59 Å². The van der Waals surface area contributed by atoms with Gasteiger partial charge in [-0.3, -0.25) is 9.59 Å². The van der Waals surface area contributed by atoms with Gasteiger partial charge >= 0.3 is 0 Å². The minimum Gasteiger partial charge on any atom is -0.391 e. The summed E-state index contributed by atoms with van der Waals surface area (Å²) in [5.74, 6) is -0.247. The lowest BCUT2D eigenvalue weighted by Crippen LogP contribution is -2.54. The molecule has 0 aromatic rings. The molecule has 2 fully saturated rings. The van der Waals surface area contributed by atoms with E-state index >= 15 is 0 Å². The zero-order chi connectivity index (χ0) is 12.3. The predicted molar refractivity (Wildman–Crippen MR) is 61.2 cm³/mol. The normalized spacial score (nSPS) is 30.2. The fraction of sp³-hybridized carbons (Fsp3) is 0.818. The van der Waals surface area contributed by atoms with E-state index in [1.165, 1.54) is 0 Å². The van der Waals surface area contributed by atoms with Crippen LogP contribution >= 0.6 is 0 Å². The van der Waals surface area contributed by atoms with E-state index in [1.54, 1.807) is 9.80 Å². The number of piperidine rings is 1. The minimum atomic E-state index is -0.583. The van der Waals surface area contributed by atoms with Crippen molar-refractivity contribution in [2.45, 2.75) is 12.5 Å². The number of hydrogen-bond donors (Lipinski definition) is 2. The molecule has 2 heterocycles. The number of nitrogens with zero attached hydrogens (tertiary/aromatic N) is 2. The number of rotatable bonds is 2. The summed E-state index contributed by atoms with van der Waals surface area (Å²) in [7, 11) is 0. The SMILES string of the molecule is O=CN1CCN(C(=O)[C@H]2CCNC[C@@H]2O)CC1. The number of amides is 2. The van der Waals surface area contributed by atoms with Crippen LogP contribution in [0.25, 0.3) is 0 Å². The van der Waals surface area contributed by atoms with E-state index in [0.717, 1.165) is 13.0 Å². The molecule has 2 amide bonds. The monoisotopic (exact) mass is 241 g/mol. The lowest BCUT2D eigenvalue weighted by molar-refractivity contribution is -0.143. The fourth-order valence-electron chi connectivity index (χ4n) is 2.41. The van der Waals surface area contributed by atoms with Crippen LogP contribution in [0.15, 0.2) is 0 Å². The first-order valence-corrected chi connectivity index (χ1v) is 6.09. The van der Waals surface area contributed by atoms with E-state index in [2.05, 4.69) is 5.32 Å². The van der Waals surface area contributed by atoms with Crippen molar-refractivity contribution >= 4 is 12.3 Å². The van der Waals surface area contributed by atoms with Gasteiger partial charge in [-0.15, -0.1) is 0 Å². The molecule has 2 atom stereocenters. The molecule has 17 heavy (non-hydrogen) atoms. The van der Waals surface area contributed by atoms with Gasteiger partial charge in [-0.1, -0.05) is 0 Å². The average molecular weight is 241 g/mol. The Kier molecular flexibility index (Phi) is 3.96. The quantitative estimate of drug-likeness (QED) is 0.563. The van der Waals surface area contributed by atoms with Gasteiger partial charge in [0.2, 0.25) is 12.3 Å². The Labute approximate surface area is 101 Å². The molecular weight excluding hydrogens is 222 g/mol. The molecule has 2 saturated heterocycles. The van der Waals surface area contributed by atoms with Crippen molar-refractivity contribution in [2.24, 2.45) is 5.92 Å². The highest BCUT2D eigenvalue weighted by molar-refractivity contribution is 5.79. The highest BCUT2D eigenvalue weighted by Crippen LogP contribution is 2.17. The predicted octanol–water partition coefficient (Wildman–Crippen LogP) is -1.74. The number of aliphatic hydroxyl groups excluding tert-OH is 1. The lowest BCUT2D eigenvalue weighted by atomic mass is 9.93. The molecular formula is C11H19N3O3. The number of piperazine rings is 1. The second-order valence-corrected chi connectivity index (χ2v) is 4.63. The molecule has 2 N–H and O–H groups in total. The number of aliphatic hydroxyl groups is 1. The van der Waals surface area contributed by atoms with Gasteiger partial charge in [-0.05, 0) is 13.0 Å². The third-order valence-corrected chi connectivity index (χ3v) is 3.54. The molecule has 0 saturated carbocycles. The summed E-state index contributed by atoms with van der Waals surface area (Å²) < 4.78 is 0. The summed E-state index contributed by atoms with van der Waals surface area (Å²) >= 11 is 0. The van der Waals surface area contributed by atoms with Crippen LogP contribution in [-0.4, -0.2) is 72.6 Å². The van der Waals surface area contributed by atoms with Crippen molar-refractivity contribution in [3.63, 3.8) is 0 Å². The van der Waals surface area contributed by atoms with Crippen LogP contribution in [0.3, 0.4) is 0 Å². The summed E-state index contributed by atoms with van der Waals surface area (Å²) in [4.78, 5) is 26.2. The van der Waals surface area contributed by atoms with Crippen LogP contribution in [0, 0.1) is 5.92 Å². The summed E-state index contributed by atoms with van der Waals surface area (Å²) in [5.41, 5.74) is 0. The molecule has 2 aliphatic rings. The number of β-amino-alcohol motifs (C(OH)–C–C–N with tert-alkyl or cyclic N) is 1. The molecule has 0 bridgehead atoms. The topological polar surface area (TPSA) is 72.9 Å². The fourth-order valence-corrected chi connectivity index (χ4v) is 2.41. The molecule has 0 aromatic heterocycles. The van der Waals surface area contributed by atoms with E-state index in [-0.39, 0.29) is 11.8 Å². The van der Waals surface area contributed by atoms with Gasteiger partial charge in [0.1, 0.15) is 0 Å². The third-order valence-electron chi connectivity index (χ3n) is 3.54. The molecule has 0 radical (unpaired) electrons. The van der Waals surface area contributed by atoms with E-state index in [0.29, 0.717) is 39.1 Å². The van der Waals surface area contributed by atoms with Gasteiger partial charge in [0.05, 0.1) is 12.0 Å². The van der Waals surface area contributed by atoms with Gasteiger partial charge in [-0.25, -0.2) is 0 Å². The van der Waals surface area contributed by atoms with Crippen LogP contribution in [0.2, 0.25) is 0 Å². The molecule has 0 aromatic carbocycles. The Morgan fingerprint density at radius 3 is 2.59 bits per heavy atom. The molecule has 6 nitrogen and oxygen atoms in total. The molecule has 2 rings (SSSR count). The lowest BCUT2D eigenvalue weighted by Gasteiger charge is -2.37. The standard InChI is InChI=1S/C11H19N3O3/c15-8-13-3-5-14(6-4-13)11(17)9-1-2-12-7-10(9)16/h8-10,12,16H,1-7H2/t9-,10-/m0/s1. The second kappa shape index (κ2) is 5.46. The number of nitrogens with one attached hydrogen (secondary N) is 1. The third kappa shape index (κ3) is 2.76. The number of carbonyl (C=O) groups is 2. The average Bonchev–Trinajstić information content (AvgIpc) is 2.39. The van der Waals surface area contributed by atoms with Crippen molar-refractivity contribution in [1.82, 2.24) is 15.1 Å². The van der Waals surface area contributed by atoms with E-state index in [9.17, 15) is 14.7 Å². The maximum absolute atomic E-state index is 12.2. The van der Waals surface area contributed by atoms with Crippen LogP contribution < -0.4 is 5.32 Å². The maximum Gasteiger partial charge on any atom is 0.228 e. The highest BCUT2D eigenvalue weighted by atomic mass is 16.3. The van der Waals surface area contributed by atoms with Crippen LogP contribution in [0.5, 0.6) is 0 Å². The van der Waals surface area contributed by atoms with Crippen molar-refractivity contribution in [3.8, 4) is 0 Å². The Morgan fingerprint density at radius 2 is 2.00 bits per heavy atom. The first-order valence-electron chi connectivity index (χ1n) is 6.09. The van der Waals surface area contributed by atoms with Gasteiger partial charge in [0.15, 0.2) is 0 Å². The molecule has 0 unspecified atom stereocenters. The smallest absolute Gasteiger partial charge is 0.228 e. The summed E-state index contributed by atoms with van der Waals surface area (Å²) in [5, 5.41) is 12.9. The molecule has 6 heteroatoms. The largest absolute Gasteiger partial charge is 0.391 e. The number of carbonyl (C=O) groups excluding carboxylic acids is 2. The minimum absolute atomic E-state index is 0.0320. The van der Waals surface area contributed by atoms with Gasteiger partial charge in [-0.2, -0.15) is 0 Å². The Bertz CT molecular complexity index is 290. The first-order chi connectivity index (χ1) is 8.22. The van der Waals surface area contributed by atoms with Crippen molar-refractivity contribution < 1.29 is 14.7 Å². The van der Waals surface area contributed by atoms with Gasteiger partial charge in [0, 0.05) is 32.7 Å². The zero-order valence-electron chi connectivity index (χ0n) is 9.84. The maximum atomic E-state index is 12.2. The number of hydrogen-bond acceptors (Lipinski definition) is 4. The van der Waals surface area contributed by atoms with Gasteiger partial charge in [0.25, 0.3) is 0 Å². The highest BCUT2D eigenvalue weighted by Gasteiger charge is 2.33. The molecule has 0 aliphatic carbocycles. The van der Waals surface area contributed by atoms with Crippen molar-refractivity contribution in [1.29, 1.82) is 0 Å². The Balaban J connectivity index is 1.89. The van der Waals surface area contributed by atoms with Crippen LogP contribution in [0.4, 0.5) is 0 Å². The van der Waals surface area contributed by atoms with Crippen molar-refractivity contribution in [2.75, 3.05) is 39.3 Å². The van der Waals surface area contributed by atoms with Gasteiger partial charge < -0.3 is 20.2 Å². The van der Waals surface area contributed by atoms with E-state index < -0.39 is 6.10 Å². The Hall–Kier alpha value is -1.14. The van der Waals surface area contributed by atoms with E-state index in [1.807, 2.05) is 0 Å². The molecule has 0 spiro atoms.